The van der Waals surface area contributed by atoms with Crippen LogP contribution in [-0.4, -0.2) is 15.0 Å². The Balaban J connectivity index is 1.94. The smallest absolute Gasteiger partial charge is 0.166 e. The van der Waals surface area contributed by atoms with Gasteiger partial charge in [0.15, 0.2) is 11.6 Å². The standard InChI is InChI=1S/C17H13ClF2N4O/c1-9(15-12(19)2-3-13(20)16(15)18)25-14-4-10(7-24-17(14)21)11-5-22-8-23-6-11/h2-9H,1H3,(H2,21,24). The summed E-state index contributed by atoms with van der Waals surface area (Å²) in [7, 11) is 0. The number of hydrogen-bond donors (Lipinski definition) is 1. The highest BCUT2D eigenvalue weighted by atomic mass is 35.5. The average molecular weight is 363 g/mol. The van der Waals surface area contributed by atoms with E-state index >= 15 is 0 Å². The molecular formula is C17H13ClF2N4O. The molecule has 2 heterocycles. The number of benzene rings is 1. The van der Waals surface area contributed by atoms with Crippen LogP contribution in [0, 0.1) is 11.6 Å². The number of aromatic nitrogens is 3. The number of hydrogen-bond acceptors (Lipinski definition) is 5. The Morgan fingerprint density at radius 3 is 2.48 bits per heavy atom. The van der Waals surface area contributed by atoms with Gasteiger partial charge in [0.05, 0.1) is 5.02 Å². The Bertz CT molecular complexity index is 909. The molecule has 128 valence electrons. The summed E-state index contributed by atoms with van der Waals surface area (Å²) in [5.74, 6) is -1.07. The fourth-order valence-corrected chi connectivity index (χ4v) is 2.63. The number of ether oxygens (including phenoxy) is 1. The van der Waals surface area contributed by atoms with E-state index in [4.69, 9.17) is 22.1 Å². The highest BCUT2D eigenvalue weighted by Gasteiger charge is 2.21. The molecule has 0 fully saturated rings. The lowest BCUT2D eigenvalue weighted by Gasteiger charge is -2.18. The van der Waals surface area contributed by atoms with Gasteiger partial charge in [0.1, 0.15) is 24.1 Å². The summed E-state index contributed by atoms with van der Waals surface area (Å²) in [4.78, 5) is 11.9. The van der Waals surface area contributed by atoms with Crippen molar-refractivity contribution in [1.29, 1.82) is 0 Å². The van der Waals surface area contributed by atoms with E-state index in [0.29, 0.717) is 11.1 Å². The number of nitrogen functional groups attached to an aromatic ring is 1. The van der Waals surface area contributed by atoms with Crippen LogP contribution in [0.3, 0.4) is 0 Å². The minimum atomic E-state index is -0.880. The molecule has 25 heavy (non-hydrogen) atoms. The third kappa shape index (κ3) is 3.51. The van der Waals surface area contributed by atoms with Crippen LogP contribution in [0.25, 0.3) is 11.1 Å². The van der Waals surface area contributed by atoms with Crippen molar-refractivity contribution in [2.45, 2.75) is 13.0 Å². The van der Waals surface area contributed by atoms with Gasteiger partial charge in [0.25, 0.3) is 0 Å². The molecule has 0 bridgehead atoms. The van der Waals surface area contributed by atoms with Crippen LogP contribution in [0.4, 0.5) is 14.6 Å². The monoisotopic (exact) mass is 362 g/mol. The largest absolute Gasteiger partial charge is 0.482 e. The maximum Gasteiger partial charge on any atom is 0.166 e. The molecule has 0 saturated carbocycles. The maximum absolute atomic E-state index is 14.0. The molecule has 5 nitrogen and oxygen atoms in total. The molecule has 8 heteroatoms. The zero-order chi connectivity index (χ0) is 18.0. The van der Waals surface area contributed by atoms with E-state index in [2.05, 4.69) is 15.0 Å². The first-order chi connectivity index (χ1) is 12.0. The zero-order valence-electron chi connectivity index (χ0n) is 13.1. The van der Waals surface area contributed by atoms with E-state index in [0.717, 1.165) is 12.1 Å². The van der Waals surface area contributed by atoms with Crippen LogP contribution in [0.5, 0.6) is 5.75 Å². The molecule has 3 rings (SSSR count). The highest BCUT2D eigenvalue weighted by molar-refractivity contribution is 6.31. The lowest BCUT2D eigenvalue weighted by atomic mass is 10.1. The number of halogens is 3. The van der Waals surface area contributed by atoms with Crippen LogP contribution in [0.2, 0.25) is 5.02 Å². The van der Waals surface area contributed by atoms with Crippen molar-refractivity contribution < 1.29 is 13.5 Å². The summed E-state index contributed by atoms with van der Waals surface area (Å²) in [5.41, 5.74) is 7.12. The first-order valence-electron chi connectivity index (χ1n) is 7.28. The second-order valence-corrected chi connectivity index (χ2v) is 5.63. The molecule has 0 aliphatic rings. The van der Waals surface area contributed by atoms with Gasteiger partial charge in [-0.05, 0) is 25.1 Å². The normalized spacial score (nSPS) is 12.0. The number of nitrogens with two attached hydrogens (primary N) is 1. The summed E-state index contributed by atoms with van der Waals surface area (Å²) in [6.45, 7) is 1.54. The fraction of sp³-hybridized carbons (Fsp3) is 0.118. The SMILES string of the molecule is CC(Oc1cc(-c2cncnc2)cnc1N)c1c(F)ccc(F)c1Cl. The summed E-state index contributed by atoms with van der Waals surface area (Å²) in [5, 5.41) is -0.327. The Morgan fingerprint density at radius 1 is 1.08 bits per heavy atom. The molecule has 1 unspecified atom stereocenters. The first-order valence-corrected chi connectivity index (χ1v) is 7.66. The van der Waals surface area contributed by atoms with Crippen molar-refractivity contribution in [2.24, 2.45) is 0 Å². The molecule has 0 aliphatic heterocycles. The molecule has 2 aromatic heterocycles. The summed E-state index contributed by atoms with van der Waals surface area (Å²) in [6.07, 6.45) is 5.28. The predicted molar refractivity (Wildman–Crippen MR) is 90.1 cm³/mol. The number of rotatable bonds is 4. The van der Waals surface area contributed by atoms with Crippen LogP contribution < -0.4 is 10.5 Å². The van der Waals surface area contributed by atoms with E-state index in [9.17, 15) is 8.78 Å². The van der Waals surface area contributed by atoms with Crippen LogP contribution in [0.15, 0.2) is 43.1 Å². The second-order valence-electron chi connectivity index (χ2n) is 5.25. The topological polar surface area (TPSA) is 73.9 Å². The summed E-state index contributed by atoms with van der Waals surface area (Å²) >= 11 is 5.87. The molecule has 2 N–H and O–H groups in total. The van der Waals surface area contributed by atoms with E-state index in [-0.39, 0.29) is 22.2 Å². The average Bonchev–Trinajstić information content (AvgIpc) is 2.61. The van der Waals surface area contributed by atoms with Gasteiger partial charge in [-0.25, -0.2) is 23.7 Å². The Labute approximate surface area is 147 Å². The molecule has 0 amide bonds. The van der Waals surface area contributed by atoms with Gasteiger partial charge >= 0.3 is 0 Å². The molecule has 1 aromatic carbocycles. The van der Waals surface area contributed by atoms with Gasteiger partial charge < -0.3 is 10.5 Å². The fourth-order valence-electron chi connectivity index (χ4n) is 2.32. The van der Waals surface area contributed by atoms with E-state index in [1.54, 1.807) is 31.6 Å². The summed E-state index contributed by atoms with van der Waals surface area (Å²) in [6, 6.07) is 3.58. The van der Waals surface area contributed by atoms with Gasteiger partial charge in [-0.1, -0.05) is 11.6 Å². The van der Waals surface area contributed by atoms with Crippen molar-refractivity contribution in [1.82, 2.24) is 15.0 Å². The minimum Gasteiger partial charge on any atom is -0.482 e. The van der Waals surface area contributed by atoms with Crippen molar-refractivity contribution in [3.63, 3.8) is 0 Å². The van der Waals surface area contributed by atoms with Crippen molar-refractivity contribution in [3.05, 3.63) is 65.3 Å². The van der Waals surface area contributed by atoms with Gasteiger partial charge in [0.2, 0.25) is 0 Å². The molecule has 0 radical (unpaired) electrons. The van der Waals surface area contributed by atoms with Crippen LogP contribution >= 0.6 is 11.6 Å². The first kappa shape index (κ1) is 17.0. The van der Waals surface area contributed by atoms with Crippen molar-refractivity contribution in [3.8, 4) is 16.9 Å². The zero-order valence-corrected chi connectivity index (χ0v) is 13.8. The molecule has 0 spiro atoms. The van der Waals surface area contributed by atoms with Gasteiger partial charge in [0, 0.05) is 35.3 Å². The highest BCUT2D eigenvalue weighted by Crippen LogP contribution is 2.34. The Kier molecular flexibility index (Phi) is 4.76. The predicted octanol–water partition coefficient (Wildman–Crippen LogP) is 4.19. The second kappa shape index (κ2) is 6.98. The Morgan fingerprint density at radius 2 is 1.76 bits per heavy atom. The van der Waals surface area contributed by atoms with Crippen LogP contribution in [0.1, 0.15) is 18.6 Å². The van der Waals surface area contributed by atoms with Crippen molar-refractivity contribution in [2.75, 3.05) is 5.73 Å². The lowest BCUT2D eigenvalue weighted by molar-refractivity contribution is 0.221. The molecule has 0 aliphatic carbocycles. The van der Waals surface area contributed by atoms with E-state index in [1.165, 1.54) is 6.33 Å². The van der Waals surface area contributed by atoms with Gasteiger partial charge in [-0.3, -0.25) is 0 Å². The molecule has 1 atom stereocenters. The molecule has 0 saturated heterocycles. The van der Waals surface area contributed by atoms with E-state index in [1.807, 2.05) is 0 Å². The summed E-state index contributed by atoms with van der Waals surface area (Å²) < 4.78 is 33.3. The third-order valence-corrected chi connectivity index (χ3v) is 3.95. The van der Waals surface area contributed by atoms with Gasteiger partial charge in [-0.2, -0.15) is 0 Å². The maximum atomic E-state index is 14.0. The number of pyridine rings is 1. The molecule has 3 aromatic rings. The number of nitrogens with zero attached hydrogens (tertiary/aromatic N) is 3. The van der Waals surface area contributed by atoms with Crippen LogP contribution in [-0.2, 0) is 0 Å². The Hall–Kier alpha value is -2.80. The quantitative estimate of drug-likeness (QED) is 0.704. The number of anilines is 1. The third-order valence-electron chi connectivity index (χ3n) is 3.57. The van der Waals surface area contributed by atoms with Gasteiger partial charge in [-0.15, -0.1) is 0 Å². The molecular weight excluding hydrogens is 350 g/mol. The minimum absolute atomic E-state index is 0.0884. The lowest BCUT2D eigenvalue weighted by Crippen LogP contribution is -2.09. The van der Waals surface area contributed by atoms with E-state index < -0.39 is 17.7 Å². The van der Waals surface area contributed by atoms with Crippen molar-refractivity contribution >= 4 is 17.4 Å².